The van der Waals surface area contributed by atoms with E-state index >= 15 is 0 Å². The minimum Gasteiger partial charge on any atom is -0.478 e. The van der Waals surface area contributed by atoms with Gasteiger partial charge in [0.25, 0.3) is 0 Å². The molecule has 0 radical (unpaired) electrons. The van der Waals surface area contributed by atoms with Gasteiger partial charge >= 0.3 is 5.97 Å². The van der Waals surface area contributed by atoms with Crippen LogP contribution in [0, 0.1) is 0 Å². The Balaban J connectivity index is 3.54. The fourth-order valence-corrected chi connectivity index (χ4v) is 0.808. The van der Waals surface area contributed by atoms with Crippen LogP contribution in [-0.4, -0.2) is 47.1 Å². The van der Waals surface area contributed by atoms with Crippen molar-refractivity contribution in [3.05, 3.63) is 12.2 Å². The number of hydrogen-bond acceptors (Lipinski definition) is 4. The predicted molar refractivity (Wildman–Crippen MR) is 47.4 cm³/mol. The van der Waals surface area contributed by atoms with Crippen LogP contribution in [0.4, 0.5) is 0 Å². The van der Waals surface area contributed by atoms with Crippen molar-refractivity contribution in [1.29, 1.82) is 0 Å². The Labute approximate surface area is 76.7 Å². The zero-order chi connectivity index (χ0) is 10.1. The minimum absolute atomic E-state index is 0.000865. The van der Waals surface area contributed by atoms with Crippen molar-refractivity contribution in [3.63, 3.8) is 0 Å². The Morgan fingerprint density at radius 1 is 1.46 bits per heavy atom. The van der Waals surface area contributed by atoms with Gasteiger partial charge in [0.15, 0.2) is 0 Å². The van der Waals surface area contributed by atoms with Crippen molar-refractivity contribution in [2.45, 2.75) is 12.5 Å². The molecule has 0 aliphatic carbocycles. The lowest BCUT2D eigenvalue weighted by Gasteiger charge is -2.12. The van der Waals surface area contributed by atoms with E-state index in [4.69, 9.17) is 15.3 Å². The zero-order valence-corrected chi connectivity index (χ0v) is 7.31. The van der Waals surface area contributed by atoms with Gasteiger partial charge in [0.2, 0.25) is 0 Å². The number of rotatable bonds is 7. The Kier molecular flexibility index (Phi) is 7.18. The summed E-state index contributed by atoms with van der Waals surface area (Å²) in [6.45, 7) is 0.305. The number of carbonyl (C=O) groups is 1. The zero-order valence-electron chi connectivity index (χ0n) is 7.31. The third-order valence-corrected chi connectivity index (χ3v) is 1.48. The smallest absolute Gasteiger partial charge is 0.328 e. The standard InChI is InChI=1S/C8H15NO4/c10-5-3-7(6-11)9-4-1-2-8(12)13/h1-2,7,9-11H,3-6H2,(H,12,13). The van der Waals surface area contributed by atoms with Crippen LogP contribution in [0.3, 0.4) is 0 Å². The number of nitrogens with one attached hydrogen (secondary N) is 1. The van der Waals surface area contributed by atoms with Gasteiger partial charge < -0.3 is 20.6 Å². The molecule has 0 amide bonds. The molecule has 0 aromatic heterocycles. The molecule has 0 aromatic carbocycles. The maximum Gasteiger partial charge on any atom is 0.328 e. The predicted octanol–water partition coefficient (Wildman–Crippen LogP) is -1.04. The maximum atomic E-state index is 10.0. The van der Waals surface area contributed by atoms with Gasteiger partial charge in [-0.05, 0) is 6.42 Å². The van der Waals surface area contributed by atoms with Crippen molar-refractivity contribution in [1.82, 2.24) is 5.32 Å². The summed E-state index contributed by atoms with van der Waals surface area (Å²) in [5.74, 6) is -0.996. The number of aliphatic carboxylic acids is 1. The molecule has 1 atom stereocenters. The van der Waals surface area contributed by atoms with Gasteiger partial charge in [-0.2, -0.15) is 0 Å². The average molecular weight is 189 g/mol. The monoisotopic (exact) mass is 189 g/mol. The lowest BCUT2D eigenvalue weighted by Crippen LogP contribution is -2.33. The molecule has 0 saturated heterocycles. The molecular formula is C8H15NO4. The second kappa shape index (κ2) is 7.72. The van der Waals surface area contributed by atoms with E-state index in [9.17, 15) is 4.79 Å². The molecule has 0 heterocycles. The number of carboxylic acid groups (broad SMARTS) is 1. The number of hydrogen-bond donors (Lipinski definition) is 4. The molecule has 1 unspecified atom stereocenters. The summed E-state index contributed by atoms with van der Waals surface area (Å²) < 4.78 is 0. The molecule has 0 spiro atoms. The maximum absolute atomic E-state index is 10.0. The van der Waals surface area contributed by atoms with Crippen LogP contribution >= 0.6 is 0 Å². The molecule has 5 nitrogen and oxygen atoms in total. The summed E-state index contributed by atoms with van der Waals surface area (Å²) in [5.41, 5.74) is 0. The first kappa shape index (κ1) is 12.1. The topological polar surface area (TPSA) is 89.8 Å². The van der Waals surface area contributed by atoms with Crippen LogP contribution in [0.1, 0.15) is 6.42 Å². The van der Waals surface area contributed by atoms with Gasteiger partial charge in [0.05, 0.1) is 6.61 Å². The molecule has 0 bridgehead atoms. The molecule has 76 valence electrons. The van der Waals surface area contributed by atoms with E-state index in [1.54, 1.807) is 0 Å². The van der Waals surface area contributed by atoms with Crippen LogP contribution in [0.5, 0.6) is 0 Å². The molecular weight excluding hydrogens is 174 g/mol. The Bertz CT molecular complexity index is 170. The van der Waals surface area contributed by atoms with Crippen LogP contribution in [0.2, 0.25) is 0 Å². The highest BCUT2D eigenvalue weighted by Gasteiger charge is 2.03. The Hall–Kier alpha value is -0.910. The minimum atomic E-state index is -0.996. The Morgan fingerprint density at radius 2 is 2.15 bits per heavy atom. The first-order valence-corrected chi connectivity index (χ1v) is 4.05. The van der Waals surface area contributed by atoms with Crippen molar-refractivity contribution in [2.75, 3.05) is 19.8 Å². The van der Waals surface area contributed by atoms with Gasteiger partial charge in [-0.15, -0.1) is 0 Å². The van der Waals surface area contributed by atoms with Crippen LogP contribution in [0.25, 0.3) is 0 Å². The summed E-state index contributed by atoms with van der Waals surface area (Å²) in [7, 11) is 0. The first-order valence-electron chi connectivity index (χ1n) is 4.05. The van der Waals surface area contributed by atoms with Crippen molar-refractivity contribution < 1.29 is 20.1 Å². The van der Waals surface area contributed by atoms with E-state index in [0.717, 1.165) is 6.08 Å². The van der Waals surface area contributed by atoms with Gasteiger partial charge in [-0.1, -0.05) is 6.08 Å². The van der Waals surface area contributed by atoms with Gasteiger partial charge in [0.1, 0.15) is 0 Å². The summed E-state index contributed by atoms with van der Waals surface area (Å²) in [4.78, 5) is 10.0. The molecule has 13 heavy (non-hydrogen) atoms. The highest BCUT2D eigenvalue weighted by molar-refractivity contribution is 5.79. The quantitative estimate of drug-likeness (QED) is 0.384. The van der Waals surface area contributed by atoms with Crippen molar-refractivity contribution in [2.24, 2.45) is 0 Å². The summed E-state index contributed by atoms with van der Waals surface area (Å²) in [5, 5.41) is 28.4. The normalized spacial score (nSPS) is 13.4. The lowest BCUT2D eigenvalue weighted by molar-refractivity contribution is -0.131. The average Bonchev–Trinajstić information content (AvgIpc) is 2.10. The number of aliphatic hydroxyl groups excluding tert-OH is 2. The van der Waals surface area contributed by atoms with E-state index in [0.29, 0.717) is 13.0 Å². The first-order chi connectivity index (χ1) is 6.20. The van der Waals surface area contributed by atoms with Crippen LogP contribution < -0.4 is 5.32 Å². The fraction of sp³-hybridized carbons (Fsp3) is 0.625. The van der Waals surface area contributed by atoms with E-state index in [2.05, 4.69) is 5.32 Å². The lowest BCUT2D eigenvalue weighted by atomic mass is 10.2. The van der Waals surface area contributed by atoms with Crippen molar-refractivity contribution >= 4 is 5.97 Å². The second-order valence-electron chi connectivity index (χ2n) is 2.54. The van der Waals surface area contributed by atoms with Gasteiger partial charge in [-0.25, -0.2) is 4.79 Å². The molecule has 0 saturated carbocycles. The van der Waals surface area contributed by atoms with E-state index in [1.165, 1.54) is 6.08 Å². The summed E-state index contributed by atoms with van der Waals surface area (Å²) in [6, 6.07) is -0.177. The molecule has 5 heteroatoms. The number of carboxylic acids is 1. The fourth-order valence-electron chi connectivity index (χ4n) is 0.808. The van der Waals surface area contributed by atoms with Gasteiger partial charge in [-0.3, -0.25) is 0 Å². The molecule has 0 aliphatic rings. The van der Waals surface area contributed by atoms with Crippen molar-refractivity contribution in [3.8, 4) is 0 Å². The molecule has 0 rings (SSSR count). The highest BCUT2D eigenvalue weighted by Crippen LogP contribution is 1.88. The largest absolute Gasteiger partial charge is 0.478 e. The van der Waals surface area contributed by atoms with E-state index in [1.807, 2.05) is 0 Å². The van der Waals surface area contributed by atoms with E-state index in [-0.39, 0.29) is 19.3 Å². The Morgan fingerprint density at radius 3 is 2.62 bits per heavy atom. The van der Waals surface area contributed by atoms with Crippen LogP contribution in [-0.2, 0) is 4.79 Å². The summed E-state index contributed by atoms with van der Waals surface area (Å²) in [6.07, 6.45) is 2.93. The molecule has 4 N–H and O–H groups in total. The molecule has 0 aliphatic heterocycles. The SMILES string of the molecule is O=C(O)C=CCNC(CO)CCO. The third-order valence-electron chi connectivity index (χ3n) is 1.48. The third kappa shape index (κ3) is 7.45. The molecule has 0 aromatic rings. The van der Waals surface area contributed by atoms with Crippen LogP contribution in [0.15, 0.2) is 12.2 Å². The number of aliphatic hydroxyl groups is 2. The summed E-state index contributed by atoms with van der Waals surface area (Å²) >= 11 is 0. The second-order valence-corrected chi connectivity index (χ2v) is 2.54. The molecule has 0 fully saturated rings. The van der Waals surface area contributed by atoms with E-state index < -0.39 is 5.97 Å². The van der Waals surface area contributed by atoms with Gasteiger partial charge in [0, 0.05) is 25.3 Å². The highest BCUT2D eigenvalue weighted by atomic mass is 16.4.